The molecule has 0 bridgehead atoms. The summed E-state index contributed by atoms with van der Waals surface area (Å²) in [5, 5.41) is 4.44. The third-order valence-corrected chi connectivity index (χ3v) is 23.3. The summed E-state index contributed by atoms with van der Waals surface area (Å²) < 4.78 is 22.0. The Labute approximate surface area is 252 Å². The minimum atomic E-state index is -3.32. The molecule has 0 N–H and O–H groups in total. The first-order valence-corrected chi connectivity index (χ1v) is 22.9. The predicted octanol–water partition coefficient (Wildman–Crippen LogP) is 6.68. The van der Waals surface area contributed by atoms with Crippen LogP contribution in [0.1, 0.15) is 14.9 Å². The minimum absolute atomic E-state index is 0. The molecule has 4 rings (SSSR count). The lowest BCUT2D eigenvalue weighted by Gasteiger charge is -2.44. The van der Waals surface area contributed by atoms with E-state index in [-0.39, 0.29) is 14.9 Å². The predicted molar refractivity (Wildman–Crippen MR) is 188 cm³/mol. The van der Waals surface area contributed by atoms with Crippen LogP contribution in [0.5, 0.6) is 0 Å². The molecule has 3 nitrogen and oxygen atoms in total. The van der Waals surface area contributed by atoms with Gasteiger partial charge in [-0.25, -0.2) is 0 Å². The van der Waals surface area contributed by atoms with Crippen molar-refractivity contribution in [3.8, 4) is 0 Å². The van der Waals surface area contributed by atoms with Crippen LogP contribution < -0.4 is 20.7 Å². The summed E-state index contributed by atoms with van der Waals surface area (Å²) in [5.74, 6) is 0. The molecule has 0 aromatic heterocycles. The first-order valence-electron chi connectivity index (χ1n) is 13.3. The third kappa shape index (κ3) is 7.69. The van der Waals surface area contributed by atoms with E-state index < -0.39 is 33.8 Å². The first kappa shape index (κ1) is 34.3. The van der Waals surface area contributed by atoms with Crippen LogP contribution in [0.25, 0.3) is 0 Å². The smallest absolute Gasteiger partial charge is 0.388 e. The maximum absolute atomic E-state index is 7.50. The van der Waals surface area contributed by atoms with Crippen molar-refractivity contribution in [3.63, 3.8) is 0 Å². The Morgan fingerprint density at radius 2 is 0.732 bits per heavy atom. The molecule has 0 aliphatic heterocycles. The van der Waals surface area contributed by atoms with Crippen molar-refractivity contribution < 1.29 is 12.3 Å². The minimum Gasteiger partial charge on any atom is -0.429 e. The SMILES string of the molecule is C.C.C=C[Si](C)(O[Si](C)(C)O[Si](O[Si](C)(C=C)c1ccccc1)(c1ccccc1)c1ccccc1)c1ccccc1. The van der Waals surface area contributed by atoms with Gasteiger partial charge in [-0.15, -0.1) is 13.2 Å². The van der Waals surface area contributed by atoms with E-state index in [0.717, 1.165) is 15.6 Å². The average molecular weight is 615 g/mol. The van der Waals surface area contributed by atoms with E-state index in [1.165, 1.54) is 5.19 Å². The number of benzene rings is 4. The fourth-order valence-electron chi connectivity index (χ4n) is 4.89. The van der Waals surface area contributed by atoms with Crippen LogP contribution in [-0.4, -0.2) is 33.8 Å². The highest BCUT2D eigenvalue weighted by Crippen LogP contribution is 2.25. The Bertz CT molecular complexity index is 1330. The van der Waals surface area contributed by atoms with Gasteiger partial charge >= 0.3 is 17.1 Å². The third-order valence-electron chi connectivity index (χ3n) is 6.98. The van der Waals surface area contributed by atoms with Gasteiger partial charge in [-0.1, -0.05) is 148 Å². The van der Waals surface area contributed by atoms with E-state index in [1.807, 2.05) is 35.7 Å². The number of hydrogen-bond donors (Lipinski definition) is 0. The monoisotopic (exact) mass is 614 g/mol. The Morgan fingerprint density at radius 3 is 1.05 bits per heavy atom. The molecular formula is C34H46O3Si4. The van der Waals surface area contributed by atoms with Crippen molar-refractivity contribution in [2.75, 3.05) is 0 Å². The van der Waals surface area contributed by atoms with E-state index in [1.54, 1.807) is 0 Å². The largest absolute Gasteiger partial charge is 0.429 e. The number of hydrogen-bond acceptors (Lipinski definition) is 3. The fraction of sp³-hybridized carbons (Fsp3) is 0.176. The summed E-state index contributed by atoms with van der Waals surface area (Å²) in [7, 11) is -11.3. The lowest BCUT2D eigenvalue weighted by atomic mass is 10.4. The molecule has 216 valence electrons. The summed E-state index contributed by atoms with van der Waals surface area (Å²) in [5.41, 5.74) is 4.02. The second kappa shape index (κ2) is 14.3. The highest BCUT2D eigenvalue weighted by Gasteiger charge is 2.53. The van der Waals surface area contributed by atoms with Gasteiger partial charge in [0, 0.05) is 0 Å². The molecule has 7 heteroatoms. The topological polar surface area (TPSA) is 27.7 Å². The van der Waals surface area contributed by atoms with Crippen LogP contribution in [-0.2, 0) is 12.3 Å². The fourth-order valence-corrected chi connectivity index (χ4v) is 22.5. The van der Waals surface area contributed by atoms with Gasteiger partial charge in [0.05, 0.1) is 0 Å². The molecule has 0 fully saturated rings. The Hall–Kier alpha value is -2.89. The molecule has 4 aromatic rings. The summed E-state index contributed by atoms with van der Waals surface area (Å²) in [6, 6.07) is 41.7. The van der Waals surface area contributed by atoms with Gasteiger partial charge in [-0.2, -0.15) is 0 Å². The van der Waals surface area contributed by atoms with Crippen molar-refractivity contribution in [1.82, 2.24) is 0 Å². The molecule has 0 saturated heterocycles. The van der Waals surface area contributed by atoms with Crippen molar-refractivity contribution >= 4 is 54.5 Å². The number of rotatable bonds is 12. The van der Waals surface area contributed by atoms with Gasteiger partial charge in [0.15, 0.2) is 0 Å². The van der Waals surface area contributed by atoms with Gasteiger partial charge < -0.3 is 12.3 Å². The van der Waals surface area contributed by atoms with Crippen molar-refractivity contribution in [3.05, 3.63) is 146 Å². The maximum Gasteiger partial charge on any atom is 0.388 e. The molecule has 2 atom stereocenters. The zero-order valence-electron chi connectivity index (χ0n) is 23.3. The second-order valence-corrected chi connectivity index (χ2v) is 24.4. The normalized spacial score (nSPS) is 14.3. The Kier molecular flexibility index (Phi) is 12.0. The molecule has 0 aliphatic carbocycles. The molecule has 41 heavy (non-hydrogen) atoms. The second-order valence-electron chi connectivity index (χ2n) is 10.4. The average Bonchev–Trinajstić information content (AvgIpc) is 2.98. The van der Waals surface area contributed by atoms with E-state index in [0.29, 0.717) is 0 Å². The Morgan fingerprint density at radius 1 is 0.439 bits per heavy atom. The van der Waals surface area contributed by atoms with E-state index in [4.69, 9.17) is 12.3 Å². The van der Waals surface area contributed by atoms with Crippen molar-refractivity contribution in [2.24, 2.45) is 0 Å². The standard InChI is InChI=1S/C32H38O3Si4.2CH4/c1-7-37(5,29-21-13-9-14-22-29)33-36(3,4)34-39(31-25-17-11-18-26-31,32-27-19-12-20-28-32)35-38(6,8-2)30-23-15-10-16-24-30;;/h7-28H,1-2H2,3-6H3;2*1H4. The zero-order valence-corrected chi connectivity index (χ0v) is 27.3. The summed E-state index contributed by atoms with van der Waals surface area (Å²) in [6.07, 6.45) is 0. The lowest BCUT2D eigenvalue weighted by Crippen LogP contribution is -2.73. The van der Waals surface area contributed by atoms with Crippen molar-refractivity contribution in [1.29, 1.82) is 0 Å². The maximum atomic E-state index is 7.50. The van der Waals surface area contributed by atoms with Gasteiger partial charge in [-0.05, 0) is 46.9 Å². The van der Waals surface area contributed by atoms with Crippen LogP contribution in [0.15, 0.2) is 146 Å². The van der Waals surface area contributed by atoms with Crippen molar-refractivity contribution in [2.45, 2.75) is 41.0 Å². The highest BCUT2D eigenvalue weighted by atomic mass is 28.5. The molecule has 0 saturated carbocycles. The Balaban J connectivity index is 0.00000294. The van der Waals surface area contributed by atoms with Gasteiger partial charge in [-0.3, -0.25) is 0 Å². The summed E-state index contributed by atoms with van der Waals surface area (Å²) >= 11 is 0. The molecule has 0 heterocycles. The molecule has 0 aliphatic rings. The quantitative estimate of drug-likeness (QED) is 0.167. The lowest BCUT2D eigenvalue weighted by molar-refractivity contribution is 0.347. The molecular weight excluding hydrogens is 569 g/mol. The van der Waals surface area contributed by atoms with Gasteiger partial charge in [0.1, 0.15) is 0 Å². The van der Waals surface area contributed by atoms with E-state index >= 15 is 0 Å². The molecule has 2 unspecified atom stereocenters. The summed E-state index contributed by atoms with van der Waals surface area (Å²) in [4.78, 5) is 0. The van der Waals surface area contributed by atoms with Crippen LogP contribution in [0.4, 0.5) is 0 Å². The molecule has 4 aromatic carbocycles. The van der Waals surface area contributed by atoms with Crippen LogP contribution in [0, 0.1) is 0 Å². The van der Waals surface area contributed by atoms with Crippen LogP contribution in [0.3, 0.4) is 0 Å². The van der Waals surface area contributed by atoms with Gasteiger partial charge in [0.25, 0.3) is 0 Å². The molecule has 0 radical (unpaired) electrons. The molecule has 0 spiro atoms. The van der Waals surface area contributed by atoms with E-state index in [9.17, 15) is 0 Å². The highest BCUT2D eigenvalue weighted by molar-refractivity contribution is 7.06. The van der Waals surface area contributed by atoms with E-state index in [2.05, 4.69) is 136 Å². The summed E-state index contributed by atoms with van der Waals surface area (Å²) in [6.45, 7) is 17.1. The zero-order chi connectivity index (χ0) is 28.0. The van der Waals surface area contributed by atoms with Gasteiger partial charge in [0.2, 0.25) is 16.6 Å². The molecule has 0 amide bonds. The first-order chi connectivity index (χ1) is 18.7. The van der Waals surface area contributed by atoms with Crippen LogP contribution in [0.2, 0.25) is 26.2 Å². The van der Waals surface area contributed by atoms with Crippen LogP contribution >= 0.6 is 0 Å².